The van der Waals surface area contributed by atoms with Crippen molar-refractivity contribution in [2.75, 3.05) is 0 Å². The molecule has 0 saturated carbocycles. The van der Waals surface area contributed by atoms with Crippen LogP contribution >= 0.6 is 11.6 Å². The van der Waals surface area contributed by atoms with E-state index in [-0.39, 0.29) is 6.10 Å². The van der Waals surface area contributed by atoms with Gasteiger partial charge < -0.3 is 9.30 Å². The molecule has 0 aliphatic rings. The fraction of sp³-hybridized carbons (Fsp3) is 0.115. The van der Waals surface area contributed by atoms with Gasteiger partial charge in [0.25, 0.3) is 0 Å². The lowest BCUT2D eigenvalue weighted by Gasteiger charge is -2.20. The number of aldehydes is 1. The summed E-state index contributed by atoms with van der Waals surface area (Å²) >= 11 is 6.28. The van der Waals surface area contributed by atoms with E-state index < -0.39 is 0 Å². The van der Waals surface area contributed by atoms with E-state index in [1.165, 1.54) is 0 Å². The van der Waals surface area contributed by atoms with Crippen LogP contribution in [0, 0.1) is 11.3 Å². The number of halogens is 1. The Morgan fingerprint density at radius 2 is 1.97 bits per heavy atom. The van der Waals surface area contributed by atoms with Crippen molar-refractivity contribution >= 4 is 17.9 Å². The Hall–Kier alpha value is -3.72. The van der Waals surface area contributed by atoms with Crippen molar-refractivity contribution in [3.8, 4) is 17.2 Å². The number of nitriles is 1. The molecular weight excluding hydrogens is 422 g/mol. The number of carbonyl (C=O) groups excluding carboxylic acids is 1. The summed E-state index contributed by atoms with van der Waals surface area (Å²) in [5.74, 6) is 0. The van der Waals surface area contributed by atoms with Gasteiger partial charge in [-0.25, -0.2) is 4.98 Å². The van der Waals surface area contributed by atoms with E-state index in [0.29, 0.717) is 22.8 Å². The summed E-state index contributed by atoms with van der Waals surface area (Å²) in [6, 6.07) is 22.5. The predicted molar refractivity (Wildman–Crippen MR) is 123 cm³/mol. The smallest absolute Gasteiger partial charge is 0.150 e. The number of imidazole rings is 1. The molecule has 158 valence electrons. The van der Waals surface area contributed by atoms with Gasteiger partial charge in [0.1, 0.15) is 12.4 Å². The van der Waals surface area contributed by atoms with Crippen molar-refractivity contribution in [1.29, 1.82) is 5.26 Å². The van der Waals surface area contributed by atoms with Crippen molar-refractivity contribution in [2.24, 2.45) is 7.05 Å². The number of carbonyl (C=O) groups is 1. The molecule has 1 aromatic heterocycles. The third kappa shape index (κ3) is 4.62. The van der Waals surface area contributed by atoms with Crippen LogP contribution in [-0.2, 0) is 18.4 Å². The van der Waals surface area contributed by atoms with Crippen LogP contribution in [0.4, 0.5) is 0 Å². The zero-order valence-electron chi connectivity index (χ0n) is 17.4. The Kier molecular flexibility index (Phi) is 6.46. The first kappa shape index (κ1) is 21.5. The zero-order chi connectivity index (χ0) is 22.5. The molecule has 6 heteroatoms. The van der Waals surface area contributed by atoms with Crippen molar-refractivity contribution < 1.29 is 9.53 Å². The van der Waals surface area contributed by atoms with Crippen LogP contribution in [0.1, 0.15) is 38.8 Å². The number of nitrogens with zero attached hydrogens (tertiary/aromatic N) is 3. The lowest BCUT2D eigenvalue weighted by molar-refractivity contribution is 0.0624. The second-order valence-corrected chi connectivity index (χ2v) is 7.84. The van der Waals surface area contributed by atoms with Crippen molar-refractivity contribution in [3.05, 3.63) is 112 Å². The van der Waals surface area contributed by atoms with E-state index in [1.807, 2.05) is 60.1 Å². The van der Waals surface area contributed by atoms with Crippen LogP contribution in [-0.4, -0.2) is 15.8 Å². The van der Waals surface area contributed by atoms with Gasteiger partial charge in [0.15, 0.2) is 0 Å². The van der Waals surface area contributed by atoms with Gasteiger partial charge in [0.05, 0.1) is 36.5 Å². The van der Waals surface area contributed by atoms with Crippen molar-refractivity contribution in [2.45, 2.75) is 12.7 Å². The monoisotopic (exact) mass is 441 g/mol. The number of aromatic nitrogens is 2. The van der Waals surface area contributed by atoms with Crippen LogP contribution in [0.5, 0.6) is 0 Å². The van der Waals surface area contributed by atoms with E-state index in [4.69, 9.17) is 21.6 Å². The molecule has 4 aromatic rings. The molecule has 0 aliphatic carbocycles. The number of rotatable bonds is 7. The Bertz CT molecular complexity index is 1290. The molecule has 4 rings (SSSR count). The maximum absolute atomic E-state index is 11.2. The van der Waals surface area contributed by atoms with Crippen molar-refractivity contribution in [3.63, 3.8) is 0 Å². The quantitative estimate of drug-likeness (QED) is 0.343. The molecule has 0 radical (unpaired) electrons. The van der Waals surface area contributed by atoms with Crippen molar-refractivity contribution in [1.82, 2.24) is 9.55 Å². The van der Waals surface area contributed by atoms with Crippen LogP contribution in [0.25, 0.3) is 11.1 Å². The third-order valence-corrected chi connectivity index (χ3v) is 5.51. The lowest BCUT2D eigenvalue weighted by Crippen LogP contribution is -2.11. The minimum absolute atomic E-state index is 0.313. The number of hydrogen-bond donors (Lipinski definition) is 0. The molecule has 0 bridgehead atoms. The van der Waals surface area contributed by atoms with Gasteiger partial charge in [-0.2, -0.15) is 5.26 Å². The Labute approximate surface area is 191 Å². The molecule has 1 unspecified atom stereocenters. The highest BCUT2D eigenvalue weighted by atomic mass is 35.5. The van der Waals surface area contributed by atoms with Gasteiger partial charge in [0, 0.05) is 17.6 Å². The summed E-state index contributed by atoms with van der Waals surface area (Å²) in [6.07, 6.45) is 3.96. The Balaban J connectivity index is 1.68. The summed E-state index contributed by atoms with van der Waals surface area (Å²) in [7, 11) is 1.92. The summed E-state index contributed by atoms with van der Waals surface area (Å²) in [6.45, 7) is 0.313. The summed E-state index contributed by atoms with van der Waals surface area (Å²) in [5.41, 5.74) is 5.75. The standard InChI is InChI=1S/C26H20ClN3O2/c1-30-17-29-14-25(30)26(20-7-5-18(13-28)6-8-20)32-16-22-9-10-23(27)12-24(22)21-4-2-3-19(11-21)15-31/h2-12,14-15,17,26H,16H2,1H3. The van der Waals surface area contributed by atoms with Gasteiger partial charge in [-0.15, -0.1) is 0 Å². The van der Waals surface area contributed by atoms with E-state index in [1.54, 1.807) is 30.7 Å². The Morgan fingerprint density at radius 3 is 2.66 bits per heavy atom. The van der Waals surface area contributed by atoms with Crippen LogP contribution < -0.4 is 0 Å². The molecule has 1 atom stereocenters. The normalized spacial score (nSPS) is 11.7. The largest absolute Gasteiger partial charge is 0.362 e. The topological polar surface area (TPSA) is 67.9 Å². The molecule has 0 spiro atoms. The highest BCUT2D eigenvalue weighted by Gasteiger charge is 2.19. The highest BCUT2D eigenvalue weighted by molar-refractivity contribution is 6.30. The summed E-state index contributed by atoms with van der Waals surface area (Å²) < 4.78 is 8.33. The molecule has 32 heavy (non-hydrogen) atoms. The maximum atomic E-state index is 11.2. The molecule has 0 amide bonds. The van der Waals surface area contributed by atoms with Gasteiger partial charge in [-0.05, 0) is 52.6 Å². The van der Waals surface area contributed by atoms with Crippen LogP contribution in [0.2, 0.25) is 5.02 Å². The SMILES string of the molecule is Cn1cncc1C(OCc1ccc(Cl)cc1-c1cccc(C=O)c1)c1ccc(C#N)cc1. The Morgan fingerprint density at radius 1 is 1.16 bits per heavy atom. The second kappa shape index (κ2) is 9.61. The van der Waals surface area contributed by atoms with E-state index in [9.17, 15) is 4.79 Å². The molecular formula is C26H20ClN3O2. The molecule has 0 saturated heterocycles. The predicted octanol–water partition coefficient (Wildman–Crippen LogP) is 5.73. The fourth-order valence-corrected chi connectivity index (χ4v) is 3.77. The average Bonchev–Trinajstić information content (AvgIpc) is 3.26. The first-order chi connectivity index (χ1) is 15.6. The van der Waals surface area contributed by atoms with E-state index in [2.05, 4.69) is 11.1 Å². The van der Waals surface area contributed by atoms with Crippen LogP contribution in [0.15, 0.2) is 79.3 Å². The second-order valence-electron chi connectivity index (χ2n) is 7.40. The molecule has 1 heterocycles. The van der Waals surface area contributed by atoms with Gasteiger partial charge in [-0.1, -0.05) is 48.0 Å². The molecule has 3 aromatic carbocycles. The molecule has 5 nitrogen and oxygen atoms in total. The fourth-order valence-electron chi connectivity index (χ4n) is 3.60. The molecule has 0 fully saturated rings. The summed E-state index contributed by atoms with van der Waals surface area (Å²) in [5, 5.41) is 9.72. The van der Waals surface area contributed by atoms with Gasteiger partial charge in [0.2, 0.25) is 0 Å². The van der Waals surface area contributed by atoms with Gasteiger partial charge >= 0.3 is 0 Å². The van der Waals surface area contributed by atoms with Crippen LogP contribution in [0.3, 0.4) is 0 Å². The first-order valence-corrected chi connectivity index (χ1v) is 10.4. The minimum Gasteiger partial charge on any atom is -0.362 e. The average molecular weight is 442 g/mol. The zero-order valence-corrected chi connectivity index (χ0v) is 18.2. The third-order valence-electron chi connectivity index (χ3n) is 5.28. The lowest BCUT2D eigenvalue weighted by atomic mass is 9.98. The minimum atomic E-state index is -0.375. The number of benzene rings is 3. The van der Waals surface area contributed by atoms with Gasteiger partial charge in [-0.3, -0.25) is 4.79 Å². The highest BCUT2D eigenvalue weighted by Crippen LogP contribution is 2.32. The number of hydrogen-bond acceptors (Lipinski definition) is 4. The first-order valence-electron chi connectivity index (χ1n) is 10.0. The summed E-state index contributed by atoms with van der Waals surface area (Å²) in [4.78, 5) is 15.5. The molecule has 0 N–H and O–H groups in total. The number of aryl methyl sites for hydroxylation is 1. The molecule has 0 aliphatic heterocycles. The van der Waals surface area contributed by atoms with E-state index >= 15 is 0 Å². The maximum Gasteiger partial charge on any atom is 0.150 e. The number of ether oxygens (including phenoxy) is 1. The van der Waals surface area contributed by atoms with E-state index in [0.717, 1.165) is 34.2 Å².